The summed E-state index contributed by atoms with van der Waals surface area (Å²) in [6, 6.07) is 5.87. The van der Waals surface area contributed by atoms with Crippen molar-refractivity contribution in [3.8, 4) is 5.75 Å². The van der Waals surface area contributed by atoms with E-state index < -0.39 is 0 Å². The minimum Gasteiger partial charge on any atom is -0.692 e. The van der Waals surface area contributed by atoms with Crippen molar-refractivity contribution in [3.63, 3.8) is 0 Å². The Bertz CT molecular complexity index is 598. The second-order valence-electron chi connectivity index (χ2n) is 4.30. The molecule has 0 aliphatic carbocycles. The molecule has 0 saturated carbocycles. The maximum absolute atomic E-state index is 11.4. The van der Waals surface area contributed by atoms with E-state index in [0.29, 0.717) is 27.6 Å². The van der Waals surface area contributed by atoms with Crippen LogP contribution >= 0.6 is 0 Å². The summed E-state index contributed by atoms with van der Waals surface area (Å²) in [6.45, 7) is 0. The third kappa shape index (κ3) is 2.06. The summed E-state index contributed by atoms with van der Waals surface area (Å²) in [7, 11) is 7.53. The molecule has 1 aromatic carbocycles. The van der Waals surface area contributed by atoms with Crippen molar-refractivity contribution in [2.24, 2.45) is 0 Å². The Hall–Kier alpha value is -2.31. The van der Waals surface area contributed by atoms with Gasteiger partial charge in [0.15, 0.2) is 5.75 Å². The van der Waals surface area contributed by atoms with E-state index in [1.165, 1.54) is 0 Å². The van der Waals surface area contributed by atoms with Crippen LogP contribution in [0.2, 0.25) is 0 Å². The number of benzene rings is 1. The first-order chi connectivity index (χ1) is 8.50. The number of nitrogens with one attached hydrogen (secondary N) is 1. The number of aromatic amines is 1. The number of ether oxygens (including phenoxy) is 1. The third-order valence-corrected chi connectivity index (χ3v) is 2.42. The van der Waals surface area contributed by atoms with Crippen molar-refractivity contribution < 1.29 is 14.2 Å². The first-order valence-corrected chi connectivity index (χ1v) is 5.47. The van der Waals surface area contributed by atoms with Crippen molar-refractivity contribution in [3.05, 3.63) is 23.4 Å². The molecule has 0 radical (unpaired) electrons. The van der Waals surface area contributed by atoms with Crippen LogP contribution in [0, 0.1) is 5.21 Å². The minimum absolute atomic E-state index is 0.448. The van der Waals surface area contributed by atoms with E-state index in [1.807, 2.05) is 37.7 Å². The molecule has 18 heavy (non-hydrogen) atoms. The van der Waals surface area contributed by atoms with Crippen molar-refractivity contribution in [1.29, 1.82) is 0 Å². The highest BCUT2D eigenvalue weighted by Gasteiger charge is 2.20. The van der Waals surface area contributed by atoms with Crippen molar-refractivity contribution in [2.75, 3.05) is 28.2 Å². The average Bonchev–Trinajstić information content (AvgIpc) is 2.68. The van der Waals surface area contributed by atoms with Crippen LogP contribution in [0.1, 0.15) is 0 Å². The Labute approximate surface area is 104 Å². The van der Waals surface area contributed by atoms with Crippen molar-refractivity contribution in [1.82, 2.24) is 15.2 Å². The molecule has 0 aliphatic heterocycles. The van der Waals surface area contributed by atoms with Gasteiger partial charge in [0.2, 0.25) is 5.52 Å². The second kappa shape index (κ2) is 4.52. The lowest BCUT2D eigenvalue weighted by Crippen LogP contribution is -2.34. The molecule has 0 bridgehead atoms. The van der Waals surface area contributed by atoms with Gasteiger partial charge in [0.1, 0.15) is 0 Å². The molecule has 0 saturated heterocycles. The first kappa shape index (κ1) is 12.2. The molecule has 7 nitrogen and oxygen atoms in total. The smallest absolute Gasteiger partial charge is 0.451 e. The molecule has 0 fully saturated rings. The van der Waals surface area contributed by atoms with E-state index in [0.717, 1.165) is 0 Å². The summed E-state index contributed by atoms with van der Waals surface area (Å²) in [5.74, 6) is 0.538. The highest BCUT2D eigenvalue weighted by molar-refractivity contribution is 5.82. The topological polar surface area (TPSA) is 71.1 Å². The number of aromatic nitrogens is 3. The highest BCUT2D eigenvalue weighted by Crippen LogP contribution is 2.20. The summed E-state index contributed by atoms with van der Waals surface area (Å²) in [4.78, 5) is 2.45. The Kier molecular flexibility index (Phi) is 3.05. The van der Waals surface area contributed by atoms with Gasteiger partial charge in [-0.2, -0.15) is 4.85 Å². The first-order valence-electron chi connectivity index (χ1n) is 5.47. The van der Waals surface area contributed by atoms with E-state index in [-0.39, 0.29) is 0 Å². The molecule has 0 atom stereocenters. The van der Waals surface area contributed by atoms with E-state index in [4.69, 9.17) is 4.74 Å². The zero-order valence-corrected chi connectivity index (χ0v) is 10.8. The lowest BCUT2D eigenvalue weighted by Gasteiger charge is -2.10. The number of fused-ring (bicyclic) bond motifs is 1. The van der Waals surface area contributed by atoms with Gasteiger partial charge in [0, 0.05) is 0 Å². The van der Waals surface area contributed by atoms with Crippen LogP contribution < -0.4 is 9.58 Å². The molecule has 0 unspecified atom stereocenters. The van der Waals surface area contributed by atoms with Gasteiger partial charge in [-0.15, -0.1) is 0 Å². The second-order valence-corrected chi connectivity index (χ2v) is 4.30. The predicted octanol–water partition coefficient (Wildman–Crippen LogP) is -0.235. The highest BCUT2D eigenvalue weighted by atomic mass is 16.5. The quantitative estimate of drug-likeness (QED) is 0.328. The largest absolute Gasteiger partial charge is 0.692 e. The van der Waals surface area contributed by atoms with E-state index in [9.17, 15) is 5.21 Å². The van der Waals surface area contributed by atoms with Crippen molar-refractivity contribution >= 4 is 17.1 Å². The summed E-state index contributed by atoms with van der Waals surface area (Å²) < 4.78 is 7.64. The van der Waals surface area contributed by atoms with Crippen LogP contribution in [-0.4, -0.2) is 54.0 Å². The molecule has 0 spiro atoms. The van der Waals surface area contributed by atoms with Crippen LogP contribution in [-0.2, 0) is 0 Å². The molecule has 1 heterocycles. The Balaban J connectivity index is 2.46. The van der Waals surface area contributed by atoms with Crippen LogP contribution in [0.4, 0.5) is 0 Å². The number of nitrogens with zero attached hydrogens (tertiary/aromatic N) is 4. The van der Waals surface area contributed by atoms with Crippen LogP contribution in [0.15, 0.2) is 18.2 Å². The summed E-state index contributed by atoms with van der Waals surface area (Å²) in [5.41, 5.74) is 0.957. The number of H-pyrrole nitrogens is 1. The van der Waals surface area contributed by atoms with Gasteiger partial charge in [0.05, 0.1) is 33.3 Å². The average molecular weight is 250 g/mol. The van der Waals surface area contributed by atoms with E-state index >= 15 is 0 Å². The number of hydrogen-bond donors (Lipinski definition) is 1. The third-order valence-electron chi connectivity index (χ3n) is 2.42. The molecule has 1 aromatic heterocycles. The molecule has 96 valence electrons. The number of para-hydroxylation sites is 1. The lowest BCUT2D eigenvalue weighted by atomic mass is 10.3. The van der Waals surface area contributed by atoms with E-state index in [2.05, 4.69) is 10.3 Å². The SMILES string of the molecule is CN(C)C(Oc1cccc2c1n[nH][n+]2[O-])=[N+](C)C. The summed E-state index contributed by atoms with van der Waals surface area (Å²) in [5, 5.41) is 17.7. The van der Waals surface area contributed by atoms with Crippen LogP contribution in [0.25, 0.3) is 11.0 Å². The van der Waals surface area contributed by atoms with Crippen LogP contribution in [0.5, 0.6) is 5.75 Å². The molecule has 7 heteroatoms. The van der Waals surface area contributed by atoms with Gasteiger partial charge >= 0.3 is 6.02 Å². The van der Waals surface area contributed by atoms with E-state index in [1.54, 1.807) is 18.2 Å². The van der Waals surface area contributed by atoms with Crippen LogP contribution in [0.3, 0.4) is 0 Å². The van der Waals surface area contributed by atoms with Gasteiger partial charge in [-0.05, 0) is 12.1 Å². The van der Waals surface area contributed by atoms with Gasteiger partial charge in [0.25, 0.3) is 5.52 Å². The van der Waals surface area contributed by atoms with Gasteiger partial charge in [-0.1, -0.05) is 11.3 Å². The minimum atomic E-state index is 0.448. The molecular formula is C11H16N5O2+. The Morgan fingerprint density at radius 1 is 1.44 bits per heavy atom. The fourth-order valence-electron chi connectivity index (χ4n) is 1.70. The molecule has 2 rings (SSSR count). The maximum Gasteiger partial charge on any atom is 0.451 e. The Morgan fingerprint density at radius 2 is 2.17 bits per heavy atom. The number of hydrogen-bond acceptors (Lipinski definition) is 3. The fourth-order valence-corrected chi connectivity index (χ4v) is 1.70. The molecule has 0 amide bonds. The predicted molar refractivity (Wildman–Crippen MR) is 66.5 cm³/mol. The van der Waals surface area contributed by atoms with Crippen molar-refractivity contribution in [2.45, 2.75) is 0 Å². The zero-order chi connectivity index (χ0) is 13.3. The molecular weight excluding hydrogens is 234 g/mol. The summed E-state index contributed by atoms with van der Waals surface area (Å²) >= 11 is 0. The maximum atomic E-state index is 11.4. The number of amidine groups is 1. The van der Waals surface area contributed by atoms with Gasteiger partial charge < -0.3 is 9.94 Å². The Morgan fingerprint density at radius 3 is 2.78 bits per heavy atom. The standard InChI is InChI=1S/C11H16N5O2/c1-14(2)11(15(3)4)18-9-7-5-6-8-10(9)12-13-16(8)17/h5-7,13H,1-4H3/q+1. The zero-order valence-electron chi connectivity index (χ0n) is 10.8. The lowest BCUT2D eigenvalue weighted by molar-refractivity contribution is -0.644. The summed E-state index contributed by atoms with van der Waals surface area (Å²) in [6.07, 6.45) is 0. The molecule has 1 N–H and O–H groups in total. The molecule has 0 aliphatic rings. The number of rotatable bonds is 1. The molecule has 2 aromatic rings. The fraction of sp³-hybridized carbons (Fsp3) is 0.364. The van der Waals surface area contributed by atoms with Gasteiger partial charge in [-0.3, -0.25) is 0 Å². The monoisotopic (exact) mass is 250 g/mol. The van der Waals surface area contributed by atoms with Gasteiger partial charge in [-0.25, -0.2) is 9.48 Å². The normalized spacial score (nSPS) is 10.4.